The minimum Gasteiger partial charge on any atom is -0.369 e. The number of nitrogens with one attached hydrogen (secondary N) is 1. The van der Waals surface area contributed by atoms with Gasteiger partial charge in [0.2, 0.25) is 11.8 Å². The second-order valence-electron chi connectivity index (χ2n) is 6.69. The summed E-state index contributed by atoms with van der Waals surface area (Å²) in [6.45, 7) is 5.88. The van der Waals surface area contributed by atoms with Gasteiger partial charge in [0.25, 0.3) is 0 Å². The van der Waals surface area contributed by atoms with Crippen LogP contribution in [-0.2, 0) is 9.59 Å². The topological polar surface area (TPSA) is 91.6 Å². The summed E-state index contributed by atoms with van der Waals surface area (Å²) in [6.07, 6.45) is 0.997. The van der Waals surface area contributed by atoms with Gasteiger partial charge in [-0.05, 0) is 25.5 Å². The van der Waals surface area contributed by atoms with Crippen molar-refractivity contribution in [3.05, 3.63) is 35.3 Å². The Morgan fingerprint density at radius 1 is 1.25 bits per heavy atom. The summed E-state index contributed by atoms with van der Waals surface area (Å²) < 4.78 is 0. The van der Waals surface area contributed by atoms with Gasteiger partial charge in [-0.3, -0.25) is 14.5 Å². The summed E-state index contributed by atoms with van der Waals surface area (Å²) in [4.78, 5) is 33.5. The molecule has 2 amide bonds. The number of thioether (sulfide) groups is 1. The van der Waals surface area contributed by atoms with E-state index in [0.717, 1.165) is 48.3 Å². The molecule has 1 aliphatic rings. The fourth-order valence-electron chi connectivity index (χ4n) is 3.04. The molecular weight excluding hydrogens is 394 g/mol. The van der Waals surface area contributed by atoms with Crippen LogP contribution in [0.4, 0.5) is 10.8 Å². The number of aromatic nitrogens is 1. The summed E-state index contributed by atoms with van der Waals surface area (Å²) in [7, 11) is 0. The van der Waals surface area contributed by atoms with Gasteiger partial charge >= 0.3 is 0 Å². The molecule has 0 unspecified atom stereocenters. The van der Waals surface area contributed by atoms with E-state index in [0.29, 0.717) is 12.2 Å². The van der Waals surface area contributed by atoms with E-state index >= 15 is 0 Å². The highest BCUT2D eigenvalue weighted by atomic mass is 32.2. The summed E-state index contributed by atoms with van der Waals surface area (Å²) in [5.41, 5.74) is 6.99. The first-order valence-corrected chi connectivity index (χ1v) is 11.1. The molecule has 0 bridgehead atoms. The lowest BCUT2D eigenvalue weighted by Gasteiger charge is -2.21. The number of primary amides is 1. The minimum atomic E-state index is -0.379. The van der Waals surface area contributed by atoms with Crippen LogP contribution in [0.25, 0.3) is 0 Å². The molecule has 0 saturated carbocycles. The average molecular weight is 420 g/mol. The number of thiazole rings is 1. The summed E-state index contributed by atoms with van der Waals surface area (Å²) in [5, 5.41) is 6.10. The maximum atomic E-state index is 12.6. The predicted molar refractivity (Wildman–Crippen MR) is 115 cm³/mol. The molecule has 0 radical (unpaired) electrons. The molecule has 9 heteroatoms. The number of anilines is 2. The van der Waals surface area contributed by atoms with Crippen LogP contribution >= 0.6 is 23.1 Å². The highest BCUT2D eigenvalue weighted by molar-refractivity contribution is 8.00. The molecule has 7 nitrogen and oxygen atoms in total. The Balaban J connectivity index is 1.53. The van der Waals surface area contributed by atoms with Crippen molar-refractivity contribution in [2.24, 2.45) is 5.73 Å². The van der Waals surface area contributed by atoms with Gasteiger partial charge in [-0.15, -0.1) is 23.1 Å². The summed E-state index contributed by atoms with van der Waals surface area (Å²) in [5.74, 6) is -0.244. The molecular formula is C19H25N5O2S2. The van der Waals surface area contributed by atoms with Gasteiger partial charge in [0, 0.05) is 36.5 Å². The monoisotopic (exact) mass is 419 g/mol. The molecule has 1 fully saturated rings. The van der Waals surface area contributed by atoms with Crippen LogP contribution in [0.1, 0.15) is 12.1 Å². The fraction of sp³-hybridized carbons (Fsp3) is 0.421. The summed E-state index contributed by atoms with van der Waals surface area (Å²) >= 11 is 3.00. The van der Waals surface area contributed by atoms with E-state index in [1.54, 1.807) is 11.3 Å². The van der Waals surface area contributed by atoms with Gasteiger partial charge in [-0.1, -0.05) is 12.1 Å². The van der Waals surface area contributed by atoms with Crippen LogP contribution in [-0.4, -0.2) is 60.2 Å². The van der Waals surface area contributed by atoms with E-state index < -0.39 is 0 Å². The molecule has 2 heterocycles. The van der Waals surface area contributed by atoms with Crippen molar-refractivity contribution in [2.45, 2.75) is 18.2 Å². The van der Waals surface area contributed by atoms with Crippen LogP contribution in [0, 0.1) is 6.92 Å². The Bertz CT molecular complexity index is 826. The average Bonchev–Trinajstić information content (AvgIpc) is 2.96. The maximum absolute atomic E-state index is 12.6. The third-order valence-electron chi connectivity index (χ3n) is 4.36. The molecule has 28 heavy (non-hydrogen) atoms. The number of benzene rings is 1. The van der Waals surface area contributed by atoms with E-state index in [4.69, 9.17) is 5.73 Å². The highest BCUT2D eigenvalue weighted by Gasteiger charge is 2.19. The fourth-order valence-corrected chi connectivity index (χ4v) is 4.65. The highest BCUT2D eigenvalue weighted by Crippen LogP contribution is 2.26. The largest absolute Gasteiger partial charge is 0.369 e. The van der Waals surface area contributed by atoms with Gasteiger partial charge in [0.1, 0.15) is 0 Å². The van der Waals surface area contributed by atoms with E-state index in [9.17, 15) is 9.59 Å². The quantitative estimate of drug-likeness (QED) is 0.669. The zero-order valence-corrected chi connectivity index (χ0v) is 17.5. The number of hydrogen-bond donors (Lipinski definition) is 2. The van der Waals surface area contributed by atoms with Crippen LogP contribution < -0.4 is 16.0 Å². The van der Waals surface area contributed by atoms with E-state index in [1.165, 1.54) is 11.8 Å². The van der Waals surface area contributed by atoms with Crippen molar-refractivity contribution in [3.63, 3.8) is 0 Å². The summed E-state index contributed by atoms with van der Waals surface area (Å²) in [6, 6.07) is 7.46. The molecule has 0 aliphatic carbocycles. The maximum Gasteiger partial charge on any atom is 0.238 e. The number of nitrogens with two attached hydrogens (primary N) is 1. The minimum absolute atomic E-state index is 0.0503. The number of carbonyl (C=O) groups is 2. The molecule has 1 saturated heterocycles. The van der Waals surface area contributed by atoms with Crippen molar-refractivity contribution in [2.75, 3.05) is 48.7 Å². The third-order valence-corrected chi connectivity index (χ3v) is 6.48. The van der Waals surface area contributed by atoms with E-state index in [-0.39, 0.29) is 17.6 Å². The Labute approximate surface area is 173 Å². The zero-order chi connectivity index (χ0) is 19.9. The van der Waals surface area contributed by atoms with Crippen molar-refractivity contribution in [1.29, 1.82) is 0 Å². The Kier molecular flexibility index (Phi) is 7.30. The third kappa shape index (κ3) is 5.95. The van der Waals surface area contributed by atoms with E-state index in [2.05, 4.69) is 25.5 Å². The second-order valence-corrected chi connectivity index (χ2v) is 8.54. The van der Waals surface area contributed by atoms with Crippen molar-refractivity contribution in [1.82, 2.24) is 9.88 Å². The van der Waals surface area contributed by atoms with Crippen molar-refractivity contribution >= 4 is 45.7 Å². The molecule has 1 aromatic carbocycles. The van der Waals surface area contributed by atoms with Crippen LogP contribution in [0.5, 0.6) is 0 Å². The van der Waals surface area contributed by atoms with Gasteiger partial charge in [0.05, 0.1) is 23.7 Å². The molecule has 3 rings (SSSR count). The first-order chi connectivity index (χ1) is 13.5. The SMILES string of the molecule is Cc1csc(N2CCCN(CC(=O)Nc3ccccc3SCC(N)=O)CC2)n1. The Hall–Kier alpha value is -2.10. The molecule has 2 aromatic rings. The smallest absolute Gasteiger partial charge is 0.238 e. The van der Waals surface area contributed by atoms with Crippen LogP contribution in [0.2, 0.25) is 0 Å². The van der Waals surface area contributed by atoms with Gasteiger partial charge < -0.3 is 16.0 Å². The number of carbonyl (C=O) groups excluding carboxylic acids is 2. The normalized spacial score (nSPS) is 15.2. The Morgan fingerprint density at radius 3 is 2.82 bits per heavy atom. The Morgan fingerprint density at radius 2 is 2.07 bits per heavy atom. The predicted octanol–water partition coefficient (Wildman–Crippen LogP) is 2.18. The molecule has 1 aliphatic heterocycles. The number of rotatable bonds is 7. The number of para-hydroxylation sites is 1. The molecule has 1 aromatic heterocycles. The first kappa shape index (κ1) is 20.6. The molecule has 150 valence electrons. The van der Waals surface area contributed by atoms with Gasteiger partial charge in [0.15, 0.2) is 5.13 Å². The lowest BCUT2D eigenvalue weighted by atomic mass is 10.3. The number of aryl methyl sites for hydroxylation is 1. The standard InChI is InChI=1S/C19H25N5O2S2/c1-14-12-28-19(21-14)24-8-4-7-23(9-10-24)11-18(26)22-15-5-2-3-6-16(15)27-13-17(20)25/h2-3,5-6,12H,4,7-11,13H2,1H3,(H2,20,25)(H,22,26). The second kappa shape index (κ2) is 9.90. The molecule has 0 spiro atoms. The van der Waals surface area contributed by atoms with Gasteiger partial charge in [-0.2, -0.15) is 0 Å². The molecule has 0 atom stereocenters. The van der Waals surface area contributed by atoms with Crippen LogP contribution in [0.15, 0.2) is 34.5 Å². The van der Waals surface area contributed by atoms with Gasteiger partial charge in [-0.25, -0.2) is 4.98 Å². The number of amides is 2. The lowest BCUT2D eigenvalue weighted by molar-refractivity contribution is -0.117. The van der Waals surface area contributed by atoms with Crippen LogP contribution in [0.3, 0.4) is 0 Å². The number of nitrogens with zero attached hydrogens (tertiary/aromatic N) is 3. The number of hydrogen-bond acceptors (Lipinski definition) is 7. The lowest BCUT2D eigenvalue weighted by Crippen LogP contribution is -2.36. The van der Waals surface area contributed by atoms with Crippen molar-refractivity contribution in [3.8, 4) is 0 Å². The van der Waals surface area contributed by atoms with Crippen molar-refractivity contribution < 1.29 is 9.59 Å². The van der Waals surface area contributed by atoms with E-state index in [1.807, 2.05) is 31.2 Å². The first-order valence-electron chi connectivity index (χ1n) is 9.20. The zero-order valence-electron chi connectivity index (χ0n) is 15.9. The molecule has 3 N–H and O–H groups in total.